The maximum absolute atomic E-state index is 9.11. The molecule has 1 aliphatic heterocycles. The van der Waals surface area contributed by atoms with E-state index in [2.05, 4.69) is 44.0 Å². The van der Waals surface area contributed by atoms with Crippen molar-refractivity contribution in [1.82, 2.24) is 10.2 Å². The quantitative estimate of drug-likeness (QED) is 0.816. The second kappa shape index (κ2) is 7.11. The van der Waals surface area contributed by atoms with Gasteiger partial charge in [-0.1, -0.05) is 13.8 Å². The summed E-state index contributed by atoms with van der Waals surface area (Å²) in [5.74, 6) is 0. The van der Waals surface area contributed by atoms with Crippen molar-refractivity contribution >= 4 is 0 Å². The fraction of sp³-hybridized carbons (Fsp3) is 0.933. The average molecular weight is 251 g/mol. The van der Waals surface area contributed by atoms with Gasteiger partial charge in [0.25, 0.3) is 0 Å². The number of hydrogen-bond donors (Lipinski definition) is 1. The normalized spacial score (nSPS) is 22.4. The molecule has 1 unspecified atom stereocenters. The summed E-state index contributed by atoms with van der Waals surface area (Å²) in [6.07, 6.45) is 4.84. The summed E-state index contributed by atoms with van der Waals surface area (Å²) in [5.41, 5.74) is 0.500. The van der Waals surface area contributed by atoms with Gasteiger partial charge in [-0.3, -0.25) is 5.32 Å². The Hall–Kier alpha value is -0.590. The molecule has 0 radical (unpaired) electrons. The molecule has 0 aromatic rings. The van der Waals surface area contributed by atoms with Crippen molar-refractivity contribution in [1.29, 1.82) is 5.26 Å². The zero-order valence-electron chi connectivity index (χ0n) is 12.5. The van der Waals surface area contributed by atoms with Crippen LogP contribution in [0.2, 0.25) is 0 Å². The Bertz CT molecular complexity index is 278. The van der Waals surface area contributed by atoms with E-state index >= 15 is 0 Å². The van der Waals surface area contributed by atoms with Crippen LogP contribution in [0.25, 0.3) is 0 Å². The molecule has 1 saturated heterocycles. The molecule has 1 N–H and O–H groups in total. The predicted octanol–water partition coefficient (Wildman–Crippen LogP) is 2.78. The molecule has 1 rings (SSSR count). The molecule has 0 amide bonds. The SMILES string of the molecule is CC(C)NC(C#N)CCN1CCCC(C)(C)CC1. The van der Waals surface area contributed by atoms with Crippen LogP contribution >= 0.6 is 0 Å². The highest BCUT2D eigenvalue weighted by molar-refractivity contribution is 4.91. The van der Waals surface area contributed by atoms with Crippen LogP contribution in [-0.2, 0) is 0 Å². The zero-order chi connectivity index (χ0) is 13.6. The second-order valence-electron chi connectivity index (χ2n) is 6.65. The fourth-order valence-corrected chi connectivity index (χ4v) is 2.60. The summed E-state index contributed by atoms with van der Waals surface area (Å²) in [6.45, 7) is 12.4. The van der Waals surface area contributed by atoms with E-state index in [0.717, 1.165) is 13.0 Å². The van der Waals surface area contributed by atoms with Gasteiger partial charge in [-0.25, -0.2) is 0 Å². The lowest BCUT2D eigenvalue weighted by Crippen LogP contribution is -2.37. The molecule has 0 aliphatic carbocycles. The first kappa shape index (κ1) is 15.5. The maximum Gasteiger partial charge on any atom is 0.0967 e. The van der Waals surface area contributed by atoms with Gasteiger partial charge >= 0.3 is 0 Å². The highest BCUT2D eigenvalue weighted by Crippen LogP contribution is 2.29. The van der Waals surface area contributed by atoms with Crippen LogP contribution in [0.3, 0.4) is 0 Å². The third-order valence-electron chi connectivity index (χ3n) is 3.86. The molecule has 0 aromatic heterocycles. The Balaban J connectivity index is 2.32. The van der Waals surface area contributed by atoms with Crippen molar-refractivity contribution in [2.24, 2.45) is 5.41 Å². The van der Waals surface area contributed by atoms with E-state index in [-0.39, 0.29) is 6.04 Å². The van der Waals surface area contributed by atoms with Gasteiger partial charge in [-0.2, -0.15) is 5.26 Å². The molecule has 3 heteroatoms. The predicted molar refractivity (Wildman–Crippen MR) is 76.4 cm³/mol. The van der Waals surface area contributed by atoms with Crippen molar-refractivity contribution in [3.63, 3.8) is 0 Å². The number of nitrogens with one attached hydrogen (secondary N) is 1. The van der Waals surface area contributed by atoms with Gasteiger partial charge in [0.1, 0.15) is 0 Å². The highest BCUT2D eigenvalue weighted by atomic mass is 15.1. The fourth-order valence-electron chi connectivity index (χ4n) is 2.60. The van der Waals surface area contributed by atoms with Gasteiger partial charge < -0.3 is 4.90 Å². The maximum atomic E-state index is 9.11. The lowest BCUT2D eigenvalue weighted by Gasteiger charge is -2.24. The van der Waals surface area contributed by atoms with E-state index in [4.69, 9.17) is 5.26 Å². The Morgan fingerprint density at radius 3 is 2.61 bits per heavy atom. The average Bonchev–Trinajstić information content (AvgIpc) is 2.45. The third-order valence-corrected chi connectivity index (χ3v) is 3.86. The van der Waals surface area contributed by atoms with E-state index in [0.29, 0.717) is 11.5 Å². The van der Waals surface area contributed by atoms with Gasteiger partial charge in [-0.05, 0) is 58.0 Å². The van der Waals surface area contributed by atoms with Crippen LogP contribution in [-0.4, -0.2) is 36.6 Å². The molecule has 104 valence electrons. The summed E-state index contributed by atoms with van der Waals surface area (Å²) >= 11 is 0. The van der Waals surface area contributed by atoms with Gasteiger partial charge in [0.05, 0.1) is 12.1 Å². The van der Waals surface area contributed by atoms with Crippen LogP contribution in [0.5, 0.6) is 0 Å². The molecule has 0 bridgehead atoms. The number of nitriles is 1. The first-order valence-corrected chi connectivity index (χ1v) is 7.31. The van der Waals surface area contributed by atoms with Gasteiger partial charge in [-0.15, -0.1) is 0 Å². The van der Waals surface area contributed by atoms with Gasteiger partial charge in [0.2, 0.25) is 0 Å². The summed E-state index contributed by atoms with van der Waals surface area (Å²) in [4.78, 5) is 2.53. The minimum atomic E-state index is 0.00117. The first-order chi connectivity index (χ1) is 8.43. The van der Waals surface area contributed by atoms with Crippen molar-refractivity contribution < 1.29 is 0 Å². The molecule has 1 atom stereocenters. The van der Waals surface area contributed by atoms with Crippen molar-refractivity contribution in [2.75, 3.05) is 19.6 Å². The Morgan fingerprint density at radius 1 is 1.28 bits per heavy atom. The zero-order valence-corrected chi connectivity index (χ0v) is 12.5. The molecule has 1 aliphatic rings. The van der Waals surface area contributed by atoms with Crippen molar-refractivity contribution in [2.45, 2.75) is 65.5 Å². The largest absolute Gasteiger partial charge is 0.303 e. The minimum Gasteiger partial charge on any atom is -0.303 e. The van der Waals surface area contributed by atoms with Crippen LogP contribution in [0.4, 0.5) is 0 Å². The number of likely N-dealkylation sites (tertiary alicyclic amines) is 1. The monoisotopic (exact) mass is 251 g/mol. The lowest BCUT2D eigenvalue weighted by atomic mass is 9.85. The molecule has 1 fully saturated rings. The molecular weight excluding hydrogens is 222 g/mol. The smallest absolute Gasteiger partial charge is 0.0967 e. The molecular formula is C15H29N3. The Labute approximate surface area is 113 Å². The number of hydrogen-bond acceptors (Lipinski definition) is 3. The standard InChI is InChI=1S/C15H29N3/c1-13(2)17-14(12-16)6-10-18-9-5-7-15(3,4)8-11-18/h13-14,17H,5-11H2,1-4H3. The summed E-state index contributed by atoms with van der Waals surface area (Å²) in [5, 5.41) is 12.4. The summed E-state index contributed by atoms with van der Waals surface area (Å²) in [6, 6.07) is 2.76. The van der Waals surface area contributed by atoms with Gasteiger partial charge in [0.15, 0.2) is 0 Å². The van der Waals surface area contributed by atoms with E-state index in [9.17, 15) is 0 Å². The van der Waals surface area contributed by atoms with Crippen molar-refractivity contribution in [3.8, 4) is 6.07 Å². The van der Waals surface area contributed by atoms with E-state index in [1.807, 2.05) is 0 Å². The Kier molecular flexibility index (Phi) is 6.11. The first-order valence-electron chi connectivity index (χ1n) is 7.31. The molecule has 0 saturated carbocycles. The summed E-state index contributed by atoms with van der Waals surface area (Å²) < 4.78 is 0. The number of nitrogens with zero attached hydrogens (tertiary/aromatic N) is 2. The van der Waals surface area contributed by atoms with Crippen LogP contribution in [0.15, 0.2) is 0 Å². The molecule has 18 heavy (non-hydrogen) atoms. The van der Waals surface area contributed by atoms with E-state index < -0.39 is 0 Å². The van der Waals surface area contributed by atoms with E-state index in [1.54, 1.807) is 0 Å². The van der Waals surface area contributed by atoms with Crippen LogP contribution < -0.4 is 5.32 Å². The third kappa shape index (κ3) is 5.84. The molecule has 3 nitrogen and oxygen atoms in total. The van der Waals surface area contributed by atoms with Crippen LogP contribution in [0, 0.1) is 16.7 Å². The number of rotatable bonds is 5. The molecule has 0 spiro atoms. The molecule has 1 heterocycles. The van der Waals surface area contributed by atoms with Crippen LogP contribution in [0.1, 0.15) is 53.4 Å². The van der Waals surface area contributed by atoms with Gasteiger partial charge in [0, 0.05) is 12.6 Å². The Morgan fingerprint density at radius 2 is 2.00 bits per heavy atom. The second-order valence-corrected chi connectivity index (χ2v) is 6.65. The minimum absolute atomic E-state index is 0.00117. The summed E-state index contributed by atoms with van der Waals surface area (Å²) in [7, 11) is 0. The topological polar surface area (TPSA) is 39.1 Å². The molecule has 0 aromatic carbocycles. The highest BCUT2D eigenvalue weighted by Gasteiger charge is 2.23. The van der Waals surface area contributed by atoms with E-state index in [1.165, 1.54) is 32.4 Å². The lowest BCUT2D eigenvalue weighted by molar-refractivity contribution is 0.253. The van der Waals surface area contributed by atoms with Crippen molar-refractivity contribution in [3.05, 3.63) is 0 Å².